The first-order valence-electron chi connectivity index (χ1n) is 6.22. The zero-order chi connectivity index (χ0) is 15.4. The molecule has 0 bridgehead atoms. The highest BCUT2D eigenvalue weighted by molar-refractivity contribution is 5.97. The molecule has 0 unspecified atom stereocenters. The van der Waals surface area contributed by atoms with Crippen molar-refractivity contribution in [2.45, 2.75) is 6.92 Å². The van der Waals surface area contributed by atoms with Gasteiger partial charge >= 0.3 is 0 Å². The number of nitrogens with one attached hydrogen (secondary N) is 1. The Labute approximate surface area is 121 Å². The third-order valence-electron chi connectivity index (χ3n) is 2.80. The number of hydrogen-bond acceptors (Lipinski definition) is 6. The minimum absolute atomic E-state index is 0.0447. The van der Waals surface area contributed by atoms with Crippen LogP contribution in [0.2, 0.25) is 0 Å². The Hall–Kier alpha value is -2.77. The van der Waals surface area contributed by atoms with Gasteiger partial charge in [-0.25, -0.2) is 0 Å². The fourth-order valence-corrected chi connectivity index (χ4v) is 1.91. The van der Waals surface area contributed by atoms with Crippen molar-refractivity contribution >= 4 is 5.91 Å². The molecule has 0 atom stereocenters. The molecule has 0 aliphatic carbocycles. The molecule has 0 aliphatic rings. The zero-order valence-corrected chi connectivity index (χ0v) is 12.0. The number of hydrogen-bond donors (Lipinski definition) is 2. The number of nitrogens with zero attached hydrogens (tertiary/aromatic N) is 2. The van der Waals surface area contributed by atoms with E-state index in [1.807, 2.05) is 6.92 Å². The van der Waals surface area contributed by atoms with E-state index >= 15 is 0 Å². The van der Waals surface area contributed by atoms with Gasteiger partial charge in [0.05, 0.1) is 20.8 Å². The molecular formula is C13H16N4O4. The van der Waals surface area contributed by atoms with Crippen LogP contribution in [0, 0.1) is 0 Å². The number of rotatable bonds is 6. The van der Waals surface area contributed by atoms with Gasteiger partial charge in [0.1, 0.15) is 5.69 Å². The largest absolute Gasteiger partial charge is 0.493 e. The third kappa shape index (κ3) is 2.73. The number of ether oxygens (including phenoxy) is 3. The number of methoxy groups -OCH3 is 2. The van der Waals surface area contributed by atoms with Gasteiger partial charge in [-0.1, -0.05) is 0 Å². The highest BCUT2D eigenvalue weighted by Crippen LogP contribution is 2.41. The number of H-pyrrole nitrogens is 1. The van der Waals surface area contributed by atoms with Gasteiger partial charge < -0.3 is 19.9 Å². The fraction of sp³-hybridized carbons (Fsp3) is 0.308. The lowest BCUT2D eigenvalue weighted by atomic mass is 10.1. The molecule has 112 valence electrons. The van der Waals surface area contributed by atoms with Gasteiger partial charge in [-0.3, -0.25) is 4.79 Å². The van der Waals surface area contributed by atoms with Crippen LogP contribution in [0.25, 0.3) is 11.3 Å². The summed E-state index contributed by atoms with van der Waals surface area (Å²) in [6.45, 7) is 2.32. The van der Waals surface area contributed by atoms with Crippen LogP contribution in [0.15, 0.2) is 12.1 Å². The van der Waals surface area contributed by atoms with E-state index < -0.39 is 5.91 Å². The highest BCUT2D eigenvalue weighted by Gasteiger charge is 2.20. The molecule has 21 heavy (non-hydrogen) atoms. The number of benzene rings is 1. The van der Waals surface area contributed by atoms with Crippen molar-refractivity contribution in [3.63, 3.8) is 0 Å². The molecule has 0 radical (unpaired) electrons. The predicted molar refractivity (Wildman–Crippen MR) is 74.6 cm³/mol. The summed E-state index contributed by atoms with van der Waals surface area (Å²) in [5.74, 6) is 0.732. The van der Waals surface area contributed by atoms with Crippen LogP contribution in [0.1, 0.15) is 17.4 Å². The molecular weight excluding hydrogens is 276 g/mol. The van der Waals surface area contributed by atoms with Crippen molar-refractivity contribution < 1.29 is 19.0 Å². The van der Waals surface area contributed by atoms with Crippen LogP contribution in [0.3, 0.4) is 0 Å². The maximum Gasteiger partial charge on any atom is 0.271 e. The first kappa shape index (κ1) is 14.6. The molecule has 2 rings (SSSR count). The lowest BCUT2D eigenvalue weighted by molar-refractivity contribution is 0.0996. The van der Waals surface area contributed by atoms with Crippen LogP contribution in [-0.4, -0.2) is 42.1 Å². The highest BCUT2D eigenvalue weighted by atomic mass is 16.5. The minimum atomic E-state index is -0.675. The lowest BCUT2D eigenvalue weighted by Gasteiger charge is -2.14. The van der Waals surface area contributed by atoms with Crippen molar-refractivity contribution in [1.29, 1.82) is 0 Å². The van der Waals surface area contributed by atoms with Gasteiger partial charge in [0, 0.05) is 5.56 Å². The minimum Gasteiger partial charge on any atom is -0.493 e. The van der Waals surface area contributed by atoms with Crippen LogP contribution >= 0.6 is 0 Å². The van der Waals surface area contributed by atoms with Gasteiger partial charge in [-0.15, -0.1) is 0 Å². The molecule has 1 aromatic heterocycles. The molecule has 0 saturated carbocycles. The second-order valence-electron chi connectivity index (χ2n) is 4.03. The topological polar surface area (TPSA) is 112 Å². The van der Waals surface area contributed by atoms with Crippen molar-refractivity contribution in [2.75, 3.05) is 20.8 Å². The van der Waals surface area contributed by atoms with E-state index in [1.54, 1.807) is 12.1 Å². The Bertz CT molecular complexity index is 628. The molecule has 0 aliphatic heterocycles. The van der Waals surface area contributed by atoms with Gasteiger partial charge in [0.15, 0.2) is 17.2 Å². The Balaban J connectivity index is 2.60. The van der Waals surface area contributed by atoms with Crippen LogP contribution < -0.4 is 19.9 Å². The number of aromatic nitrogens is 3. The maximum absolute atomic E-state index is 11.3. The molecule has 0 saturated heterocycles. The molecule has 8 nitrogen and oxygen atoms in total. The normalized spacial score (nSPS) is 10.2. The molecule has 1 aromatic carbocycles. The summed E-state index contributed by atoms with van der Waals surface area (Å²) in [6, 6.07) is 3.36. The maximum atomic E-state index is 11.3. The van der Waals surface area contributed by atoms with Crippen molar-refractivity contribution in [2.24, 2.45) is 5.73 Å². The standard InChI is InChI=1S/C13H16N4O4/c1-4-21-12-8(19-2)5-7(6-9(12)20-3)10-11(13(14)18)16-17-15-10/h5-6H,4H2,1-3H3,(H2,14,18)(H,15,16,17). The summed E-state index contributed by atoms with van der Waals surface area (Å²) in [5.41, 5.74) is 6.21. The number of aromatic amines is 1. The van der Waals surface area contributed by atoms with E-state index in [0.717, 1.165) is 0 Å². The second-order valence-corrected chi connectivity index (χ2v) is 4.03. The molecule has 2 aromatic rings. The van der Waals surface area contributed by atoms with Gasteiger partial charge in [0.25, 0.3) is 5.91 Å². The average molecular weight is 292 g/mol. The van der Waals surface area contributed by atoms with E-state index in [4.69, 9.17) is 19.9 Å². The monoisotopic (exact) mass is 292 g/mol. The number of carbonyl (C=O) groups excluding carboxylic acids is 1. The molecule has 3 N–H and O–H groups in total. The summed E-state index contributed by atoms with van der Waals surface area (Å²) >= 11 is 0. The van der Waals surface area contributed by atoms with E-state index in [-0.39, 0.29) is 5.69 Å². The first-order valence-corrected chi connectivity index (χ1v) is 6.22. The van der Waals surface area contributed by atoms with Crippen molar-refractivity contribution in [1.82, 2.24) is 15.4 Å². The third-order valence-corrected chi connectivity index (χ3v) is 2.80. The van der Waals surface area contributed by atoms with E-state index in [9.17, 15) is 4.79 Å². The summed E-state index contributed by atoms with van der Waals surface area (Å²) in [4.78, 5) is 11.3. The van der Waals surface area contributed by atoms with E-state index in [2.05, 4.69) is 15.4 Å². The quantitative estimate of drug-likeness (QED) is 0.821. The number of primary amides is 1. The Morgan fingerprint density at radius 1 is 1.24 bits per heavy atom. The lowest BCUT2D eigenvalue weighted by Crippen LogP contribution is -2.12. The number of nitrogens with two attached hydrogens (primary N) is 1. The van der Waals surface area contributed by atoms with E-state index in [0.29, 0.717) is 35.1 Å². The van der Waals surface area contributed by atoms with Crippen molar-refractivity contribution in [3.8, 4) is 28.5 Å². The van der Waals surface area contributed by atoms with Crippen LogP contribution in [-0.2, 0) is 0 Å². The van der Waals surface area contributed by atoms with Crippen LogP contribution in [0.4, 0.5) is 0 Å². The molecule has 0 fully saturated rings. The molecule has 8 heteroatoms. The Morgan fingerprint density at radius 3 is 2.33 bits per heavy atom. The van der Waals surface area contributed by atoms with Crippen LogP contribution in [0.5, 0.6) is 17.2 Å². The number of carbonyl (C=O) groups is 1. The Morgan fingerprint density at radius 2 is 1.86 bits per heavy atom. The van der Waals surface area contributed by atoms with E-state index in [1.165, 1.54) is 14.2 Å². The molecule has 1 amide bonds. The first-order chi connectivity index (χ1) is 10.1. The predicted octanol–water partition coefficient (Wildman–Crippen LogP) is 0.986. The zero-order valence-electron chi connectivity index (χ0n) is 12.0. The summed E-state index contributed by atoms with van der Waals surface area (Å²) < 4.78 is 16.1. The summed E-state index contributed by atoms with van der Waals surface area (Å²) in [5, 5.41) is 10.1. The second kappa shape index (κ2) is 6.12. The fourth-order valence-electron chi connectivity index (χ4n) is 1.91. The summed E-state index contributed by atoms with van der Waals surface area (Å²) in [6.07, 6.45) is 0. The SMILES string of the molecule is CCOc1c(OC)cc(-c2n[nH]nc2C(N)=O)cc1OC. The smallest absolute Gasteiger partial charge is 0.271 e. The molecule has 0 spiro atoms. The summed E-state index contributed by atoms with van der Waals surface area (Å²) in [7, 11) is 3.03. The average Bonchev–Trinajstić information content (AvgIpc) is 2.97. The van der Waals surface area contributed by atoms with Crippen molar-refractivity contribution in [3.05, 3.63) is 17.8 Å². The van der Waals surface area contributed by atoms with Gasteiger partial charge in [0.2, 0.25) is 5.75 Å². The Kier molecular flexibility index (Phi) is 4.27. The van der Waals surface area contributed by atoms with Gasteiger partial charge in [-0.05, 0) is 19.1 Å². The molecule has 1 heterocycles. The number of amides is 1. The van der Waals surface area contributed by atoms with Gasteiger partial charge in [-0.2, -0.15) is 15.4 Å².